The largest absolute Gasteiger partial charge is 0.288 e. The van der Waals surface area contributed by atoms with Gasteiger partial charge in [-0.25, -0.2) is 0 Å². The maximum absolute atomic E-state index is 12.3. The molecule has 0 aliphatic rings. The van der Waals surface area contributed by atoms with Crippen molar-refractivity contribution in [3.63, 3.8) is 0 Å². The summed E-state index contributed by atoms with van der Waals surface area (Å²) in [5.74, 6) is 0. The third-order valence-corrected chi connectivity index (χ3v) is 6.94. The number of nitrogens with zero attached hydrogens (tertiary/aromatic N) is 1. The van der Waals surface area contributed by atoms with E-state index in [0.717, 1.165) is 5.56 Å². The van der Waals surface area contributed by atoms with Gasteiger partial charge >= 0.3 is 0 Å². The van der Waals surface area contributed by atoms with Crippen molar-refractivity contribution in [2.45, 2.75) is 50.0 Å². The normalized spacial score (nSPS) is 12.4. The number of sulfonamides is 1. The molecule has 5 heteroatoms. The molecule has 0 radical (unpaired) electrons. The molecular formula is C13H21NO2S2. The highest BCUT2D eigenvalue weighted by atomic mass is 32.3. The molecule has 0 fully saturated rings. The Balaban J connectivity index is 3.32. The van der Waals surface area contributed by atoms with Crippen LogP contribution >= 0.6 is 0 Å². The minimum atomic E-state index is -3.54. The molecule has 0 amide bonds. The first-order valence-electron chi connectivity index (χ1n) is 6.01. The van der Waals surface area contributed by atoms with Crippen LogP contribution in [-0.2, 0) is 20.7 Å². The molecule has 1 aromatic carbocycles. The lowest BCUT2D eigenvalue weighted by atomic mass is 10.2. The number of hydrogen-bond acceptors (Lipinski definition) is 2. The predicted molar refractivity (Wildman–Crippen MR) is 78.4 cm³/mol. The van der Waals surface area contributed by atoms with Gasteiger partial charge in [0.15, 0.2) is 0 Å². The van der Waals surface area contributed by atoms with Crippen LogP contribution in [0.25, 0.3) is 0 Å². The first-order chi connectivity index (χ1) is 8.25. The zero-order chi connectivity index (χ0) is 13.9. The molecule has 0 N–H and O–H groups in total. The van der Waals surface area contributed by atoms with Gasteiger partial charge in [-0.2, -0.15) is 8.42 Å². The highest BCUT2D eigenvalue weighted by Gasteiger charge is 2.18. The Morgan fingerprint density at radius 1 is 1.06 bits per heavy atom. The quantitative estimate of drug-likeness (QED) is 0.853. The third kappa shape index (κ3) is 3.65. The molecule has 0 spiro atoms. The molecular weight excluding hydrogens is 266 g/mol. The minimum absolute atomic E-state index is 0.240. The molecule has 0 aliphatic carbocycles. The van der Waals surface area contributed by atoms with Gasteiger partial charge < -0.3 is 0 Å². The summed E-state index contributed by atoms with van der Waals surface area (Å²) < 4.78 is 28.8. The summed E-state index contributed by atoms with van der Waals surface area (Å²) in [6, 6.07) is 6.99. The lowest BCUT2D eigenvalue weighted by Crippen LogP contribution is -2.17. The van der Waals surface area contributed by atoms with Crippen molar-refractivity contribution in [3.8, 4) is 0 Å². The molecule has 0 saturated heterocycles. The van der Waals surface area contributed by atoms with E-state index in [2.05, 4.69) is 3.77 Å². The molecule has 0 bridgehead atoms. The van der Waals surface area contributed by atoms with Gasteiger partial charge in [-0.05, 0) is 18.6 Å². The van der Waals surface area contributed by atoms with Crippen LogP contribution in [0.4, 0.5) is 0 Å². The van der Waals surface area contributed by atoms with Crippen LogP contribution in [0.2, 0.25) is 0 Å². The number of aryl methyl sites for hydroxylation is 1. The molecule has 0 saturated carbocycles. The van der Waals surface area contributed by atoms with E-state index < -0.39 is 20.7 Å². The van der Waals surface area contributed by atoms with E-state index in [1.807, 2.05) is 33.8 Å². The van der Waals surface area contributed by atoms with Crippen molar-refractivity contribution in [2.75, 3.05) is 0 Å². The second kappa shape index (κ2) is 5.97. The van der Waals surface area contributed by atoms with E-state index in [0.29, 0.717) is 4.90 Å². The number of hydrogen-bond donors (Lipinski definition) is 0. The van der Waals surface area contributed by atoms with Gasteiger partial charge in [0.25, 0.3) is 10.0 Å². The van der Waals surface area contributed by atoms with E-state index in [4.69, 9.17) is 0 Å². The SMILES string of the molecule is Cc1ccccc1S(=O)(=O)N=S(C(C)C)C(C)C. The van der Waals surface area contributed by atoms with Gasteiger partial charge in [-0.15, -0.1) is 3.77 Å². The molecule has 0 unspecified atom stereocenters. The zero-order valence-corrected chi connectivity index (χ0v) is 13.2. The highest BCUT2D eigenvalue weighted by molar-refractivity contribution is 8.00. The molecule has 102 valence electrons. The first-order valence-corrected chi connectivity index (χ1v) is 8.76. The van der Waals surface area contributed by atoms with Crippen LogP contribution in [0, 0.1) is 6.92 Å². The first kappa shape index (κ1) is 15.4. The van der Waals surface area contributed by atoms with E-state index in [1.54, 1.807) is 25.1 Å². The van der Waals surface area contributed by atoms with Crippen LogP contribution in [0.1, 0.15) is 33.3 Å². The topological polar surface area (TPSA) is 46.5 Å². The van der Waals surface area contributed by atoms with Gasteiger partial charge in [-0.3, -0.25) is 0 Å². The summed E-state index contributed by atoms with van der Waals surface area (Å²) in [7, 11) is -4.01. The second-order valence-electron chi connectivity index (χ2n) is 4.76. The van der Waals surface area contributed by atoms with Crippen LogP contribution in [0.3, 0.4) is 0 Å². The van der Waals surface area contributed by atoms with E-state index in [-0.39, 0.29) is 10.5 Å². The summed E-state index contributed by atoms with van der Waals surface area (Å²) in [6.45, 7) is 9.85. The van der Waals surface area contributed by atoms with Gasteiger partial charge in [0.1, 0.15) is 0 Å². The molecule has 1 aromatic rings. The molecule has 3 nitrogen and oxygen atoms in total. The average Bonchev–Trinajstić information content (AvgIpc) is 2.25. The van der Waals surface area contributed by atoms with Crippen LogP contribution in [0.5, 0.6) is 0 Å². The summed E-state index contributed by atoms with van der Waals surface area (Å²) in [4.78, 5) is 0.323. The fourth-order valence-corrected chi connectivity index (χ4v) is 6.13. The summed E-state index contributed by atoms with van der Waals surface area (Å²) in [6.07, 6.45) is 0. The third-order valence-electron chi connectivity index (χ3n) is 2.52. The molecule has 0 aromatic heterocycles. The van der Waals surface area contributed by atoms with E-state index in [1.165, 1.54) is 0 Å². The number of rotatable bonds is 4. The Hall–Kier alpha value is -0.680. The summed E-state index contributed by atoms with van der Waals surface area (Å²) >= 11 is 0. The predicted octanol–water partition coefficient (Wildman–Crippen LogP) is 3.30. The zero-order valence-electron chi connectivity index (χ0n) is 11.5. The van der Waals surface area contributed by atoms with E-state index >= 15 is 0 Å². The van der Waals surface area contributed by atoms with Crippen molar-refractivity contribution >= 4 is 20.7 Å². The molecule has 0 aliphatic heterocycles. The second-order valence-corrected chi connectivity index (χ2v) is 9.33. The van der Waals surface area contributed by atoms with Crippen molar-refractivity contribution in [3.05, 3.63) is 29.8 Å². The van der Waals surface area contributed by atoms with Crippen LogP contribution in [0.15, 0.2) is 32.9 Å². The summed E-state index contributed by atoms with van der Waals surface area (Å²) in [5, 5.41) is 0.479. The van der Waals surface area contributed by atoms with Crippen molar-refractivity contribution < 1.29 is 8.42 Å². The summed E-state index contributed by atoms with van der Waals surface area (Å²) in [5.41, 5.74) is 0.748. The molecule has 0 atom stereocenters. The Bertz CT molecular complexity index is 536. The Morgan fingerprint density at radius 2 is 1.56 bits per heavy atom. The van der Waals surface area contributed by atoms with Crippen molar-refractivity contribution in [2.24, 2.45) is 3.77 Å². The Morgan fingerprint density at radius 3 is 2.00 bits per heavy atom. The Kier molecular flexibility index (Phi) is 5.10. The fraction of sp³-hybridized carbons (Fsp3) is 0.538. The molecule has 18 heavy (non-hydrogen) atoms. The van der Waals surface area contributed by atoms with Crippen molar-refractivity contribution in [1.29, 1.82) is 0 Å². The van der Waals surface area contributed by atoms with Gasteiger partial charge in [-0.1, -0.05) is 56.6 Å². The molecule has 0 heterocycles. The Labute approximate surface area is 113 Å². The van der Waals surface area contributed by atoms with Crippen LogP contribution in [-0.4, -0.2) is 18.9 Å². The monoisotopic (exact) mass is 287 g/mol. The fourth-order valence-electron chi connectivity index (χ4n) is 1.72. The standard InChI is InChI=1S/C13H21NO2S2/c1-10(2)17(11(3)4)14-18(15,16)13-9-7-6-8-12(13)5/h6-11H,1-5H3. The van der Waals surface area contributed by atoms with Gasteiger partial charge in [0, 0.05) is 10.5 Å². The van der Waals surface area contributed by atoms with Crippen LogP contribution < -0.4 is 0 Å². The van der Waals surface area contributed by atoms with Crippen molar-refractivity contribution in [1.82, 2.24) is 0 Å². The maximum atomic E-state index is 12.3. The maximum Gasteiger partial charge on any atom is 0.288 e. The lowest BCUT2D eigenvalue weighted by molar-refractivity contribution is 0.598. The number of benzene rings is 1. The van der Waals surface area contributed by atoms with Gasteiger partial charge in [0.05, 0.1) is 4.90 Å². The molecule has 1 rings (SSSR count). The minimum Gasteiger partial charge on any atom is -0.199 e. The van der Waals surface area contributed by atoms with Gasteiger partial charge in [0.2, 0.25) is 0 Å². The lowest BCUT2D eigenvalue weighted by Gasteiger charge is -2.15. The van der Waals surface area contributed by atoms with E-state index in [9.17, 15) is 8.42 Å². The highest BCUT2D eigenvalue weighted by Crippen LogP contribution is 2.20. The average molecular weight is 287 g/mol. The smallest absolute Gasteiger partial charge is 0.199 e.